The molecular formula is C13H20Cl2N2. The topological polar surface area (TPSA) is 16.1 Å². The highest BCUT2D eigenvalue weighted by molar-refractivity contribution is 5.85. The van der Waals surface area contributed by atoms with Crippen LogP contribution in [0.25, 0.3) is 0 Å². The minimum atomic E-state index is 0. The summed E-state index contributed by atoms with van der Waals surface area (Å²) in [6.07, 6.45) is 7.47. The summed E-state index contributed by atoms with van der Waals surface area (Å²) in [5, 5.41) is 0. The van der Waals surface area contributed by atoms with Gasteiger partial charge < -0.3 is 0 Å². The van der Waals surface area contributed by atoms with Crippen LogP contribution < -0.4 is 0 Å². The van der Waals surface area contributed by atoms with Crippen molar-refractivity contribution in [2.45, 2.75) is 38.1 Å². The number of fused-ring (bicyclic) bond motifs is 1. The van der Waals surface area contributed by atoms with Crippen LogP contribution in [0.1, 0.15) is 36.9 Å². The summed E-state index contributed by atoms with van der Waals surface area (Å²) in [6.45, 7) is 4.63. The lowest BCUT2D eigenvalue weighted by molar-refractivity contribution is 0.197. The fourth-order valence-corrected chi connectivity index (χ4v) is 3.32. The molecule has 2 saturated heterocycles. The Hall–Kier alpha value is -0.310. The summed E-state index contributed by atoms with van der Waals surface area (Å²) < 4.78 is 0. The lowest BCUT2D eigenvalue weighted by atomic mass is 9.87. The fraction of sp³-hybridized carbons (Fsp3) is 0.615. The van der Waals surface area contributed by atoms with E-state index in [4.69, 9.17) is 0 Å². The molecule has 3 rings (SSSR count). The van der Waals surface area contributed by atoms with Gasteiger partial charge >= 0.3 is 0 Å². The zero-order valence-electron chi connectivity index (χ0n) is 10.2. The van der Waals surface area contributed by atoms with Crippen molar-refractivity contribution in [2.24, 2.45) is 0 Å². The van der Waals surface area contributed by atoms with Crippen molar-refractivity contribution in [3.05, 3.63) is 29.6 Å². The predicted molar refractivity (Wildman–Crippen MR) is 75.2 cm³/mol. The fourth-order valence-electron chi connectivity index (χ4n) is 3.32. The maximum absolute atomic E-state index is 4.45. The van der Waals surface area contributed by atoms with Gasteiger partial charge in [0.1, 0.15) is 0 Å². The largest absolute Gasteiger partial charge is 0.294 e. The molecule has 17 heavy (non-hydrogen) atoms. The standard InChI is InChI=1S/C13H18N2.2ClH/c1-11-4-5-12(10-14-11)13-6-2-8-15(13)9-3-7-13;;/h4-5,10H,2-3,6-9H2,1H3;2*1H. The Kier molecular flexibility index (Phi) is 4.82. The quantitative estimate of drug-likeness (QED) is 0.781. The molecule has 2 fully saturated rings. The molecule has 0 N–H and O–H groups in total. The molecule has 2 aliphatic rings. The SMILES string of the molecule is Cc1ccc(C23CCCN2CCC3)cn1.Cl.Cl. The number of nitrogens with zero attached hydrogens (tertiary/aromatic N) is 2. The van der Waals surface area contributed by atoms with E-state index in [1.165, 1.54) is 44.3 Å². The molecule has 0 saturated carbocycles. The number of pyridine rings is 1. The van der Waals surface area contributed by atoms with Gasteiger partial charge in [-0.15, -0.1) is 24.8 Å². The Labute approximate surface area is 116 Å². The van der Waals surface area contributed by atoms with E-state index in [0.717, 1.165) is 5.69 Å². The Balaban J connectivity index is 0.000000722. The minimum Gasteiger partial charge on any atom is -0.294 e. The number of hydrogen-bond donors (Lipinski definition) is 0. The second-order valence-electron chi connectivity index (χ2n) is 4.91. The van der Waals surface area contributed by atoms with E-state index in [2.05, 4.69) is 35.1 Å². The van der Waals surface area contributed by atoms with Crippen molar-refractivity contribution >= 4 is 24.8 Å². The smallest absolute Gasteiger partial charge is 0.0476 e. The van der Waals surface area contributed by atoms with Gasteiger partial charge in [-0.1, -0.05) is 6.07 Å². The van der Waals surface area contributed by atoms with Crippen LogP contribution in [0.3, 0.4) is 0 Å². The monoisotopic (exact) mass is 274 g/mol. The summed E-state index contributed by atoms with van der Waals surface area (Å²) in [5.74, 6) is 0. The van der Waals surface area contributed by atoms with E-state index >= 15 is 0 Å². The van der Waals surface area contributed by atoms with Crippen molar-refractivity contribution < 1.29 is 0 Å². The lowest BCUT2D eigenvalue weighted by Gasteiger charge is -2.32. The third-order valence-electron chi connectivity index (χ3n) is 4.09. The highest BCUT2D eigenvalue weighted by atomic mass is 35.5. The Morgan fingerprint density at radius 1 is 1.12 bits per heavy atom. The van der Waals surface area contributed by atoms with Crippen LogP contribution in [0.15, 0.2) is 18.3 Å². The van der Waals surface area contributed by atoms with Crippen LogP contribution >= 0.6 is 24.8 Å². The third kappa shape index (κ3) is 2.31. The molecular weight excluding hydrogens is 255 g/mol. The molecule has 96 valence electrons. The highest BCUT2D eigenvalue weighted by Gasteiger charge is 2.45. The van der Waals surface area contributed by atoms with Gasteiger partial charge in [0, 0.05) is 17.4 Å². The summed E-state index contributed by atoms with van der Waals surface area (Å²) in [6, 6.07) is 4.44. The molecule has 2 nitrogen and oxygen atoms in total. The third-order valence-corrected chi connectivity index (χ3v) is 4.09. The number of aromatic nitrogens is 1. The summed E-state index contributed by atoms with van der Waals surface area (Å²) in [4.78, 5) is 7.12. The summed E-state index contributed by atoms with van der Waals surface area (Å²) >= 11 is 0. The van der Waals surface area contributed by atoms with Gasteiger partial charge in [-0.25, -0.2) is 0 Å². The van der Waals surface area contributed by atoms with E-state index in [1.807, 2.05) is 0 Å². The summed E-state index contributed by atoms with van der Waals surface area (Å²) in [5.41, 5.74) is 2.93. The number of rotatable bonds is 1. The van der Waals surface area contributed by atoms with Crippen molar-refractivity contribution in [3.63, 3.8) is 0 Å². The first-order valence-electron chi connectivity index (χ1n) is 5.99. The maximum atomic E-state index is 4.45. The number of halogens is 2. The van der Waals surface area contributed by atoms with Crippen molar-refractivity contribution in [1.82, 2.24) is 9.88 Å². The average Bonchev–Trinajstić information content (AvgIpc) is 2.77. The molecule has 0 spiro atoms. The molecule has 4 heteroatoms. The Bertz CT molecular complexity index is 354. The molecule has 0 bridgehead atoms. The van der Waals surface area contributed by atoms with Crippen molar-refractivity contribution in [1.29, 1.82) is 0 Å². The zero-order valence-corrected chi connectivity index (χ0v) is 11.8. The van der Waals surface area contributed by atoms with Gasteiger partial charge in [-0.2, -0.15) is 0 Å². The minimum absolute atomic E-state index is 0. The first-order valence-corrected chi connectivity index (χ1v) is 5.99. The van der Waals surface area contributed by atoms with Crippen LogP contribution in [-0.4, -0.2) is 23.0 Å². The predicted octanol–water partition coefficient (Wildman–Crippen LogP) is 3.32. The Morgan fingerprint density at radius 3 is 2.29 bits per heavy atom. The molecule has 2 aliphatic heterocycles. The molecule has 0 unspecified atom stereocenters. The van der Waals surface area contributed by atoms with Gasteiger partial charge in [0.25, 0.3) is 0 Å². The van der Waals surface area contributed by atoms with E-state index in [9.17, 15) is 0 Å². The van der Waals surface area contributed by atoms with Gasteiger partial charge in [0.2, 0.25) is 0 Å². The molecule has 1 aromatic rings. The molecule has 0 aliphatic carbocycles. The molecule has 0 aromatic carbocycles. The van der Waals surface area contributed by atoms with Crippen LogP contribution in [-0.2, 0) is 5.54 Å². The first kappa shape index (κ1) is 14.7. The van der Waals surface area contributed by atoms with Gasteiger partial charge in [0.05, 0.1) is 0 Å². The molecule has 0 radical (unpaired) electrons. The summed E-state index contributed by atoms with van der Waals surface area (Å²) in [7, 11) is 0. The van der Waals surface area contributed by atoms with Gasteiger partial charge in [-0.05, 0) is 57.3 Å². The first-order chi connectivity index (χ1) is 7.31. The van der Waals surface area contributed by atoms with E-state index in [-0.39, 0.29) is 24.8 Å². The number of hydrogen-bond acceptors (Lipinski definition) is 2. The van der Waals surface area contributed by atoms with Crippen molar-refractivity contribution in [3.8, 4) is 0 Å². The van der Waals surface area contributed by atoms with Gasteiger partial charge in [-0.3, -0.25) is 9.88 Å². The van der Waals surface area contributed by atoms with Gasteiger partial charge in [0.15, 0.2) is 0 Å². The number of aryl methyl sites for hydroxylation is 1. The van der Waals surface area contributed by atoms with Crippen molar-refractivity contribution in [2.75, 3.05) is 13.1 Å². The van der Waals surface area contributed by atoms with Crippen LogP contribution in [0.2, 0.25) is 0 Å². The van der Waals surface area contributed by atoms with Crippen LogP contribution in [0, 0.1) is 6.92 Å². The van der Waals surface area contributed by atoms with Crippen LogP contribution in [0.5, 0.6) is 0 Å². The molecule has 0 amide bonds. The lowest BCUT2D eigenvalue weighted by Crippen LogP contribution is -2.35. The average molecular weight is 275 g/mol. The normalized spacial score (nSPS) is 21.5. The van der Waals surface area contributed by atoms with E-state index in [0.29, 0.717) is 5.54 Å². The molecule has 1 aromatic heterocycles. The molecule has 0 atom stereocenters. The molecule has 3 heterocycles. The Morgan fingerprint density at radius 2 is 1.76 bits per heavy atom. The second-order valence-corrected chi connectivity index (χ2v) is 4.91. The zero-order chi connectivity index (χ0) is 10.3. The van der Waals surface area contributed by atoms with Crippen LogP contribution in [0.4, 0.5) is 0 Å². The van der Waals surface area contributed by atoms with E-state index in [1.54, 1.807) is 0 Å². The highest BCUT2D eigenvalue weighted by Crippen LogP contribution is 2.46. The maximum Gasteiger partial charge on any atom is 0.0476 e. The second kappa shape index (κ2) is 5.55. The van der Waals surface area contributed by atoms with E-state index < -0.39 is 0 Å².